The molecule has 2 fully saturated rings. The van der Waals surface area contributed by atoms with Gasteiger partial charge in [0.25, 0.3) is 0 Å². The van der Waals surface area contributed by atoms with E-state index in [1.807, 2.05) is 0 Å². The molecule has 2 aliphatic rings. The highest BCUT2D eigenvalue weighted by molar-refractivity contribution is 5.19. The van der Waals surface area contributed by atoms with Crippen LogP contribution in [0.4, 0.5) is 0 Å². The van der Waals surface area contributed by atoms with Crippen molar-refractivity contribution in [2.75, 3.05) is 0 Å². The van der Waals surface area contributed by atoms with Crippen molar-refractivity contribution in [1.82, 2.24) is 5.32 Å². The fourth-order valence-electron chi connectivity index (χ4n) is 3.14. The van der Waals surface area contributed by atoms with Gasteiger partial charge >= 0.3 is 0 Å². The van der Waals surface area contributed by atoms with Crippen LogP contribution in [0.3, 0.4) is 0 Å². The van der Waals surface area contributed by atoms with Gasteiger partial charge in [0.05, 0.1) is 12.0 Å². The molecular weight excluding hydrogens is 184 g/mol. The van der Waals surface area contributed by atoms with E-state index in [2.05, 4.69) is 39.1 Å². The van der Waals surface area contributed by atoms with Gasteiger partial charge in [0.1, 0.15) is 0 Å². The first kappa shape index (κ1) is 11.0. The van der Waals surface area contributed by atoms with E-state index in [1.165, 1.54) is 12.8 Å². The maximum atomic E-state index is 9.04. The fourth-order valence-corrected chi connectivity index (χ4v) is 3.14. The zero-order valence-electron chi connectivity index (χ0n) is 10.3. The summed E-state index contributed by atoms with van der Waals surface area (Å²) in [4.78, 5) is 0. The molecule has 0 spiro atoms. The van der Waals surface area contributed by atoms with Gasteiger partial charge in [-0.05, 0) is 23.7 Å². The van der Waals surface area contributed by atoms with Gasteiger partial charge in [-0.3, -0.25) is 0 Å². The van der Waals surface area contributed by atoms with Crippen molar-refractivity contribution in [3.63, 3.8) is 0 Å². The predicted molar refractivity (Wildman–Crippen MR) is 61.2 cm³/mol. The van der Waals surface area contributed by atoms with E-state index in [0.717, 1.165) is 6.42 Å². The molecule has 84 valence electrons. The second-order valence-electron chi connectivity index (χ2n) is 6.32. The van der Waals surface area contributed by atoms with Gasteiger partial charge in [-0.15, -0.1) is 0 Å². The van der Waals surface area contributed by atoms with Crippen molar-refractivity contribution in [3.8, 4) is 6.07 Å². The van der Waals surface area contributed by atoms with E-state index < -0.39 is 0 Å². The Labute approximate surface area is 93.0 Å². The second-order valence-corrected chi connectivity index (χ2v) is 6.32. The van der Waals surface area contributed by atoms with E-state index in [9.17, 15) is 0 Å². The zero-order chi connectivity index (χ0) is 11.3. The van der Waals surface area contributed by atoms with Crippen LogP contribution in [0.1, 0.15) is 47.0 Å². The molecule has 0 aromatic rings. The molecule has 2 rings (SSSR count). The third-order valence-electron chi connectivity index (χ3n) is 5.08. The average molecular weight is 206 g/mol. The first-order valence-corrected chi connectivity index (χ1v) is 6.07. The highest BCUT2D eigenvalue weighted by atomic mass is 15.1. The van der Waals surface area contributed by atoms with Crippen molar-refractivity contribution in [2.45, 2.75) is 59.0 Å². The van der Waals surface area contributed by atoms with Crippen LogP contribution in [0.15, 0.2) is 0 Å². The highest BCUT2D eigenvalue weighted by Gasteiger charge is 2.65. The number of hydrogen-bond donors (Lipinski definition) is 1. The van der Waals surface area contributed by atoms with E-state index in [-0.39, 0.29) is 5.92 Å². The van der Waals surface area contributed by atoms with Crippen LogP contribution in [-0.4, -0.2) is 12.1 Å². The summed E-state index contributed by atoms with van der Waals surface area (Å²) in [5.41, 5.74) is 0.769. The smallest absolute Gasteiger partial charge is 0.0672 e. The molecule has 0 aromatic carbocycles. The van der Waals surface area contributed by atoms with Crippen molar-refractivity contribution >= 4 is 0 Å². The topological polar surface area (TPSA) is 35.8 Å². The minimum atomic E-state index is 0.247. The molecule has 2 heteroatoms. The summed E-state index contributed by atoms with van der Waals surface area (Å²) >= 11 is 0. The summed E-state index contributed by atoms with van der Waals surface area (Å²) in [5, 5.41) is 12.8. The van der Waals surface area contributed by atoms with Crippen LogP contribution in [0, 0.1) is 28.1 Å². The Bertz CT molecular complexity index is 284. The molecule has 0 radical (unpaired) electrons. The van der Waals surface area contributed by atoms with Crippen LogP contribution in [0.25, 0.3) is 0 Å². The third-order valence-corrected chi connectivity index (χ3v) is 5.08. The number of nitriles is 1. The molecule has 2 unspecified atom stereocenters. The molecule has 0 heterocycles. The summed E-state index contributed by atoms with van der Waals surface area (Å²) in [7, 11) is 0. The first-order valence-electron chi connectivity index (χ1n) is 6.07. The van der Waals surface area contributed by atoms with E-state index >= 15 is 0 Å². The molecule has 0 aromatic heterocycles. The average Bonchev–Trinajstić information content (AvgIpc) is 2.59. The molecule has 2 nitrogen and oxygen atoms in total. The summed E-state index contributed by atoms with van der Waals surface area (Å²) in [6.07, 6.45) is 3.48. The van der Waals surface area contributed by atoms with Crippen LogP contribution >= 0.6 is 0 Å². The largest absolute Gasteiger partial charge is 0.309 e. The predicted octanol–water partition coefficient (Wildman–Crippen LogP) is 2.70. The minimum absolute atomic E-state index is 0.247. The molecule has 2 saturated carbocycles. The highest BCUT2D eigenvalue weighted by Crippen LogP contribution is 2.63. The van der Waals surface area contributed by atoms with Gasteiger partial charge in [-0.1, -0.05) is 34.1 Å². The molecule has 0 amide bonds. The van der Waals surface area contributed by atoms with E-state index in [1.54, 1.807) is 0 Å². The van der Waals surface area contributed by atoms with Crippen molar-refractivity contribution in [1.29, 1.82) is 5.26 Å². The molecule has 15 heavy (non-hydrogen) atoms. The van der Waals surface area contributed by atoms with E-state index in [0.29, 0.717) is 22.9 Å². The van der Waals surface area contributed by atoms with Gasteiger partial charge in [-0.25, -0.2) is 0 Å². The lowest BCUT2D eigenvalue weighted by Crippen LogP contribution is -2.36. The summed E-state index contributed by atoms with van der Waals surface area (Å²) in [6.45, 7) is 9.28. The Balaban J connectivity index is 1.98. The van der Waals surface area contributed by atoms with Crippen LogP contribution in [0.5, 0.6) is 0 Å². The fraction of sp³-hybridized carbons (Fsp3) is 0.923. The number of nitrogens with zero attached hydrogens (tertiary/aromatic N) is 1. The molecule has 1 N–H and O–H groups in total. The number of nitrogens with one attached hydrogen (secondary N) is 1. The van der Waals surface area contributed by atoms with Crippen LogP contribution < -0.4 is 5.32 Å². The third kappa shape index (κ3) is 1.49. The van der Waals surface area contributed by atoms with Gasteiger partial charge in [0.2, 0.25) is 0 Å². The van der Waals surface area contributed by atoms with Gasteiger partial charge in [0.15, 0.2) is 0 Å². The lowest BCUT2D eigenvalue weighted by molar-refractivity contribution is 0.423. The maximum absolute atomic E-state index is 9.04. The van der Waals surface area contributed by atoms with Gasteiger partial charge < -0.3 is 5.32 Å². The van der Waals surface area contributed by atoms with Crippen LogP contribution in [-0.2, 0) is 0 Å². The Morgan fingerprint density at radius 1 is 1.13 bits per heavy atom. The summed E-state index contributed by atoms with van der Waals surface area (Å²) in [5.74, 6) is 0.247. The molecular formula is C13H22N2. The van der Waals surface area contributed by atoms with Crippen LogP contribution in [0.2, 0.25) is 0 Å². The van der Waals surface area contributed by atoms with E-state index in [4.69, 9.17) is 5.26 Å². The van der Waals surface area contributed by atoms with Crippen molar-refractivity contribution in [3.05, 3.63) is 0 Å². The molecule has 0 aliphatic heterocycles. The lowest BCUT2D eigenvalue weighted by Gasteiger charge is -2.17. The first-order chi connectivity index (χ1) is 6.91. The SMILES string of the molecule is CC1(C)C(NC2CCCC2C#N)C1(C)C. The number of rotatable bonds is 2. The second kappa shape index (κ2) is 3.22. The monoisotopic (exact) mass is 206 g/mol. The molecule has 2 aliphatic carbocycles. The van der Waals surface area contributed by atoms with Gasteiger partial charge in [0, 0.05) is 12.1 Å². The lowest BCUT2D eigenvalue weighted by atomic mass is 10.0. The Morgan fingerprint density at radius 3 is 2.20 bits per heavy atom. The Morgan fingerprint density at radius 2 is 1.73 bits per heavy atom. The quantitative estimate of drug-likeness (QED) is 0.754. The maximum Gasteiger partial charge on any atom is 0.0672 e. The van der Waals surface area contributed by atoms with Gasteiger partial charge in [-0.2, -0.15) is 5.26 Å². The molecule has 0 saturated heterocycles. The minimum Gasteiger partial charge on any atom is -0.309 e. The van der Waals surface area contributed by atoms with Crippen molar-refractivity contribution in [2.24, 2.45) is 16.7 Å². The summed E-state index contributed by atoms with van der Waals surface area (Å²) < 4.78 is 0. The number of hydrogen-bond acceptors (Lipinski definition) is 2. The Hall–Kier alpha value is -0.550. The van der Waals surface area contributed by atoms with Crippen molar-refractivity contribution < 1.29 is 0 Å². The zero-order valence-corrected chi connectivity index (χ0v) is 10.3. The molecule has 2 atom stereocenters. The Kier molecular flexibility index (Phi) is 2.35. The standard InChI is InChI=1S/C13H22N2/c1-12(2)11(13(12,3)4)15-10-7-5-6-9(10)8-14/h9-11,15H,5-7H2,1-4H3. The molecule has 0 bridgehead atoms. The summed E-state index contributed by atoms with van der Waals surface area (Å²) in [6, 6.07) is 3.47. The normalized spacial score (nSPS) is 37.5.